The third kappa shape index (κ3) is 1.55. The van der Waals surface area contributed by atoms with Crippen LogP contribution in [-0.2, 0) is 4.74 Å². The fraction of sp³-hybridized carbons (Fsp3) is 0.143. The van der Waals surface area contributed by atoms with E-state index in [1.54, 1.807) is 0 Å². The molecule has 0 aliphatic carbocycles. The topological polar surface area (TPSA) is 59.4 Å². The summed E-state index contributed by atoms with van der Waals surface area (Å²) in [7, 11) is 1.23. The van der Waals surface area contributed by atoms with E-state index in [1.807, 2.05) is 0 Å². The fourth-order valence-corrected chi connectivity index (χ4v) is 0.982. The van der Waals surface area contributed by atoms with Gasteiger partial charge in [-0.3, -0.25) is 0 Å². The predicted molar refractivity (Wildman–Crippen MR) is 44.9 cm³/mol. The number of nitrogens with zero attached hydrogens (tertiary/aromatic N) is 1. The zero-order valence-corrected chi connectivity index (χ0v) is 7.83. The lowest BCUT2D eigenvalue weighted by molar-refractivity contribution is 0.0590. The molecule has 0 aromatic carbocycles. The molecule has 0 spiro atoms. The third-order valence-corrected chi connectivity index (χ3v) is 1.89. The van der Waals surface area contributed by atoms with Crippen LogP contribution in [0.4, 0.5) is 0 Å². The number of carbonyl (C=O) groups is 1. The van der Waals surface area contributed by atoms with E-state index in [-0.39, 0.29) is 11.4 Å². The quantitative estimate of drug-likeness (QED) is 0.742. The molecule has 0 unspecified atom stereocenters. The van der Waals surface area contributed by atoms with Gasteiger partial charge in [-0.05, 0) is 22.0 Å². The summed E-state index contributed by atoms with van der Waals surface area (Å²) in [4.78, 5) is 14.6. The largest absolute Gasteiger partial charge is 0.504 e. The van der Waals surface area contributed by atoms with Crippen LogP contribution >= 0.6 is 15.9 Å². The molecule has 1 N–H and O–H groups in total. The van der Waals surface area contributed by atoms with Gasteiger partial charge in [0, 0.05) is 6.20 Å². The maximum Gasteiger partial charge on any atom is 0.360 e. The number of ether oxygens (including phenoxy) is 1. The molecule has 0 aliphatic rings. The minimum absolute atomic E-state index is 0.0909. The molecule has 0 aliphatic heterocycles. The van der Waals surface area contributed by atoms with E-state index in [0.29, 0.717) is 4.47 Å². The number of esters is 1. The van der Waals surface area contributed by atoms with E-state index in [9.17, 15) is 9.90 Å². The van der Waals surface area contributed by atoms with Crippen LogP contribution in [0.2, 0.25) is 0 Å². The second-order valence-electron chi connectivity index (χ2n) is 1.98. The van der Waals surface area contributed by atoms with E-state index in [1.165, 1.54) is 19.4 Å². The maximum absolute atomic E-state index is 10.9. The maximum atomic E-state index is 10.9. The number of carbonyl (C=O) groups excluding carboxylic acids is 1. The molecule has 1 aromatic heterocycles. The van der Waals surface area contributed by atoms with Crippen molar-refractivity contribution in [2.45, 2.75) is 0 Å². The van der Waals surface area contributed by atoms with Crippen molar-refractivity contribution in [2.75, 3.05) is 7.11 Å². The van der Waals surface area contributed by atoms with Gasteiger partial charge in [0.1, 0.15) is 0 Å². The summed E-state index contributed by atoms with van der Waals surface area (Å²) in [5, 5.41) is 9.29. The Labute approximate surface area is 77.3 Å². The molecule has 0 atom stereocenters. The van der Waals surface area contributed by atoms with Gasteiger partial charge in [0.25, 0.3) is 0 Å². The lowest BCUT2D eigenvalue weighted by Gasteiger charge is -2.01. The fourth-order valence-electron chi connectivity index (χ4n) is 0.676. The number of aromatic nitrogens is 1. The van der Waals surface area contributed by atoms with E-state index < -0.39 is 5.97 Å². The first-order chi connectivity index (χ1) is 5.66. The van der Waals surface area contributed by atoms with Gasteiger partial charge in [-0.15, -0.1) is 0 Å². The molecule has 5 heteroatoms. The summed E-state index contributed by atoms with van der Waals surface area (Å²) in [5.74, 6) is -0.863. The number of pyridine rings is 1. The van der Waals surface area contributed by atoms with Crippen molar-refractivity contribution < 1.29 is 14.6 Å². The molecule has 12 heavy (non-hydrogen) atoms. The summed E-state index contributed by atoms with van der Waals surface area (Å²) < 4.78 is 4.80. The highest BCUT2D eigenvalue weighted by atomic mass is 79.9. The summed E-state index contributed by atoms with van der Waals surface area (Å²) in [6.07, 6.45) is 1.40. The number of aromatic hydroxyl groups is 1. The van der Waals surface area contributed by atoms with Crippen molar-refractivity contribution in [3.8, 4) is 5.75 Å². The predicted octanol–water partition coefficient (Wildman–Crippen LogP) is 1.34. The zero-order chi connectivity index (χ0) is 9.14. The van der Waals surface area contributed by atoms with Crippen LogP contribution in [-0.4, -0.2) is 23.2 Å². The molecule has 64 valence electrons. The Morgan fingerprint density at radius 1 is 1.75 bits per heavy atom. The molecular formula is C7H6BrNO3. The first-order valence-corrected chi connectivity index (χ1v) is 3.88. The van der Waals surface area contributed by atoms with E-state index in [2.05, 4.69) is 25.7 Å². The molecule has 0 amide bonds. The van der Waals surface area contributed by atoms with Crippen LogP contribution in [0.25, 0.3) is 0 Å². The van der Waals surface area contributed by atoms with Gasteiger partial charge < -0.3 is 9.84 Å². The van der Waals surface area contributed by atoms with Crippen molar-refractivity contribution >= 4 is 21.9 Å². The number of methoxy groups -OCH3 is 1. The summed E-state index contributed by atoms with van der Waals surface area (Å²) >= 11 is 3.05. The van der Waals surface area contributed by atoms with Crippen LogP contribution in [0, 0.1) is 0 Å². The standard InChI is InChI=1S/C7H6BrNO3/c1-12-7(11)5-6(10)4(8)2-3-9-5/h2-3,10H,1H3. The smallest absolute Gasteiger partial charge is 0.360 e. The molecule has 0 radical (unpaired) electrons. The van der Waals surface area contributed by atoms with Gasteiger partial charge >= 0.3 is 5.97 Å². The summed E-state index contributed by atoms with van der Waals surface area (Å²) in [5.41, 5.74) is -0.0909. The van der Waals surface area contributed by atoms with Gasteiger partial charge in [-0.25, -0.2) is 9.78 Å². The van der Waals surface area contributed by atoms with Gasteiger partial charge in [-0.2, -0.15) is 0 Å². The van der Waals surface area contributed by atoms with Crippen LogP contribution in [0.3, 0.4) is 0 Å². The Balaban J connectivity index is 3.16. The van der Waals surface area contributed by atoms with Crippen LogP contribution in [0.15, 0.2) is 16.7 Å². The van der Waals surface area contributed by atoms with Gasteiger partial charge in [0.05, 0.1) is 11.6 Å². The van der Waals surface area contributed by atoms with Crippen LogP contribution in [0.5, 0.6) is 5.75 Å². The Kier molecular flexibility index (Phi) is 2.65. The summed E-state index contributed by atoms with van der Waals surface area (Å²) in [6, 6.07) is 1.53. The van der Waals surface area contributed by atoms with Crippen molar-refractivity contribution in [3.05, 3.63) is 22.4 Å². The van der Waals surface area contributed by atoms with Gasteiger partial charge in [0.15, 0.2) is 11.4 Å². The Morgan fingerprint density at radius 3 is 3.00 bits per heavy atom. The number of hydrogen-bond donors (Lipinski definition) is 1. The Bertz CT molecular complexity index is 314. The highest BCUT2D eigenvalue weighted by molar-refractivity contribution is 9.10. The highest BCUT2D eigenvalue weighted by Gasteiger charge is 2.14. The molecule has 0 fully saturated rings. The van der Waals surface area contributed by atoms with E-state index >= 15 is 0 Å². The number of rotatable bonds is 1. The van der Waals surface area contributed by atoms with Crippen LogP contribution < -0.4 is 0 Å². The van der Waals surface area contributed by atoms with Crippen LogP contribution in [0.1, 0.15) is 10.5 Å². The molecule has 0 bridgehead atoms. The molecule has 0 saturated carbocycles. The average Bonchev–Trinajstić information content (AvgIpc) is 2.08. The number of hydrogen-bond acceptors (Lipinski definition) is 4. The highest BCUT2D eigenvalue weighted by Crippen LogP contribution is 2.25. The van der Waals surface area contributed by atoms with Crippen molar-refractivity contribution in [3.63, 3.8) is 0 Å². The second kappa shape index (κ2) is 3.53. The molecule has 1 aromatic rings. The SMILES string of the molecule is COC(=O)c1nccc(Br)c1O. The monoisotopic (exact) mass is 231 g/mol. The molecular weight excluding hydrogens is 226 g/mol. The average molecular weight is 232 g/mol. The van der Waals surface area contributed by atoms with Crippen molar-refractivity contribution in [1.29, 1.82) is 0 Å². The first kappa shape index (κ1) is 8.99. The minimum Gasteiger partial charge on any atom is -0.504 e. The third-order valence-electron chi connectivity index (χ3n) is 1.25. The Morgan fingerprint density at radius 2 is 2.42 bits per heavy atom. The lowest BCUT2D eigenvalue weighted by atomic mass is 10.3. The van der Waals surface area contributed by atoms with E-state index in [4.69, 9.17) is 0 Å². The first-order valence-electron chi connectivity index (χ1n) is 3.08. The molecule has 4 nitrogen and oxygen atoms in total. The molecule has 0 saturated heterocycles. The van der Waals surface area contributed by atoms with Gasteiger partial charge in [-0.1, -0.05) is 0 Å². The lowest BCUT2D eigenvalue weighted by Crippen LogP contribution is -2.04. The van der Waals surface area contributed by atoms with Crippen molar-refractivity contribution in [2.24, 2.45) is 0 Å². The zero-order valence-electron chi connectivity index (χ0n) is 6.24. The Hall–Kier alpha value is -1.10. The summed E-state index contributed by atoms with van der Waals surface area (Å²) in [6.45, 7) is 0. The molecule has 1 rings (SSSR count). The van der Waals surface area contributed by atoms with Gasteiger partial charge in [0.2, 0.25) is 0 Å². The molecule has 1 heterocycles. The number of halogens is 1. The normalized spacial score (nSPS) is 9.50. The second-order valence-corrected chi connectivity index (χ2v) is 2.84. The van der Waals surface area contributed by atoms with E-state index in [0.717, 1.165) is 0 Å². The van der Waals surface area contributed by atoms with Crippen molar-refractivity contribution in [1.82, 2.24) is 4.98 Å². The minimum atomic E-state index is -0.659.